The fourth-order valence-electron chi connectivity index (χ4n) is 1.25. The second-order valence-electron chi connectivity index (χ2n) is 3.06. The zero-order chi connectivity index (χ0) is 13.1. The maximum absolute atomic E-state index is 11.6. The van der Waals surface area contributed by atoms with E-state index in [9.17, 15) is 4.79 Å². The third-order valence-electron chi connectivity index (χ3n) is 2.02. The largest absolute Gasteiger partial charge is 0.481 e. The fraction of sp³-hybridized carbons (Fsp3) is 0.200. The third kappa shape index (κ3) is 2.41. The standard InChI is InChI=1S/C10H8ClN3O3S/c1-16-5-3-4-12-8(13-5)6-7(9(15)17-2)18-10(11)14-6/h3-4H,1-2H3. The Morgan fingerprint density at radius 1 is 1.39 bits per heavy atom. The smallest absolute Gasteiger partial charge is 0.350 e. The van der Waals surface area contributed by atoms with Crippen LogP contribution in [0.15, 0.2) is 12.3 Å². The summed E-state index contributed by atoms with van der Waals surface area (Å²) in [6, 6.07) is 1.59. The number of nitrogens with zero attached hydrogens (tertiary/aromatic N) is 3. The molecule has 0 amide bonds. The molecular formula is C10H8ClN3O3S. The molecule has 8 heteroatoms. The number of esters is 1. The molecule has 18 heavy (non-hydrogen) atoms. The van der Waals surface area contributed by atoms with Crippen LogP contribution in [0.25, 0.3) is 11.5 Å². The number of carbonyl (C=O) groups excluding carboxylic acids is 1. The van der Waals surface area contributed by atoms with E-state index in [2.05, 4.69) is 19.7 Å². The summed E-state index contributed by atoms with van der Waals surface area (Å²) >= 11 is 6.82. The van der Waals surface area contributed by atoms with Crippen molar-refractivity contribution in [3.63, 3.8) is 0 Å². The molecule has 0 aliphatic carbocycles. The first-order valence-electron chi connectivity index (χ1n) is 4.77. The van der Waals surface area contributed by atoms with E-state index in [-0.39, 0.29) is 20.9 Å². The maximum atomic E-state index is 11.6. The lowest BCUT2D eigenvalue weighted by Gasteiger charge is -2.01. The van der Waals surface area contributed by atoms with Crippen molar-refractivity contribution in [2.24, 2.45) is 0 Å². The number of ether oxygens (including phenoxy) is 2. The molecule has 0 aromatic carbocycles. The van der Waals surface area contributed by atoms with Crippen LogP contribution in [-0.4, -0.2) is 35.1 Å². The van der Waals surface area contributed by atoms with Crippen LogP contribution in [0.4, 0.5) is 0 Å². The van der Waals surface area contributed by atoms with Crippen molar-refractivity contribution in [2.75, 3.05) is 14.2 Å². The third-order valence-corrected chi connectivity index (χ3v) is 3.16. The van der Waals surface area contributed by atoms with E-state index in [0.717, 1.165) is 11.3 Å². The van der Waals surface area contributed by atoms with Crippen LogP contribution in [-0.2, 0) is 4.74 Å². The fourth-order valence-corrected chi connectivity index (χ4v) is 2.27. The van der Waals surface area contributed by atoms with Crippen LogP contribution in [0.3, 0.4) is 0 Å². The second-order valence-corrected chi connectivity index (χ2v) is 4.64. The van der Waals surface area contributed by atoms with Gasteiger partial charge in [0.2, 0.25) is 5.88 Å². The summed E-state index contributed by atoms with van der Waals surface area (Å²) in [5.41, 5.74) is 0.288. The van der Waals surface area contributed by atoms with Crippen molar-refractivity contribution in [2.45, 2.75) is 0 Å². The highest BCUT2D eigenvalue weighted by atomic mass is 35.5. The van der Waals surface area contributed by atoms with E-state index >= 15 is 0 Å². The Balaban J connectivity index is 2.52. The van der Waals surface area contributed by atoms with Crippen LogP contribution in [0.5, 0.6) is 5.88 Å². The van der Waals surface area contributed by atoms with Crippen molar-refractivity contribution >= 4 is 28.9 Å². The highest BCUT2D eigenvalue weighted by molar-refractivity contribution is 7.17. The summed E-state index contributed by atoms with van der Waals surface area (Å²) in [6.45, 7) is 0. The number of rotatable bonds is 3. The molecule has 94 valence electrons. The monoisotopic (exact) mass is 285 g/mol. The molecule has 0 radical (unpaired) electrons. The zero-order valence-electron chi connectivity index (χ0n) is 9.51. The Bertz CT molecular complexity index is 587. The Kier molecular flexibility index (Phi) is 3.73. The quantitative estimate of drug-likeness (QED) is 0.804. The van der Waals surface area contributed by atoms with Gasteiger partial charge in [-0.05, 0) is 0 Å². The van der Waals surface area contributed by atoms with Gasteiger partial charge in [0.15, 0.2) is 10.3 Å². The number of carbonyl (C=O) groups is 1. The van der Waals surface area contributed by atoms with E-state index in [1.165, 1.54) is 20.4 Å². The van der Waals surface area contributed by atoms with Gasteiger partial charge in [-0.15, -0.1) is 0 Å². The normalized spacial score (nSPS) is 10.2. The highest BCUT2D eigenvalue weighted by Gasteiger charge is 2.21. The lowest BCUT2D eigenvalue weighted by molar-refractivity contribution is 0.0607. The molecule has 2 rings (SSSR count). The SMILES string of the molecule is COC(=O)c1sc(Cl)nc1-c1nccc(OC)n1. The van der Waals surface area contributed by atoms with Gasteiger partial charge >= 0.3 is 5.97 Å². The van der Waals surface area contributed by atoms with E-state index in [0.29, 0.717) is 5.88 Å². The predicted molar refractivity (Wildman–Crippen MR) is 66.0 cm³/mol. The van der Waals surface area contributed by atoms with Gasteiger partial charge in [0.05, 0.1) is 14.2 Å². The average molecular weight is 286 g/mol. The van der Waals surface area contributed by atoms with Crippen molar-refractivity contribution in [1.29, 1.82) is 0 Å². The van der Waals surface area contributed by atoms with Gasteiger partial charge in [-0.25, -0.2) is 14.8 Å². The molecule has 0 atom stereocenters. The summed E-state index contributed by atoms with van der Waals surface area (Å²) in [6.07, 6.45) is 1.51. The van der Waals surface area contributed by atoms with Crippen molar-refractivity contribution in [3.05, 3.63) is 21.6 Å². The minimum Gasteiger partial charge on any atom is -0.481 e. The Morgan fingerprint density at radius 3 is 2.83 bits per heavy atom. The zero-order valence-corrected chi connectivity index (χ0v) is 11.1. The first kappa shape index (κ1) is 12.7. The predicted octanol–water partition coefficient (Wildman–Crippen LogP) is 2.05. The molecule has 0 bridgehead atoms. The van der Waals surface area contributed by atoms with Gasteiger partial charge < -0.3 is 9.47 Å². The number of aromatic nitrogens is 3. The minimum atomic E-state index is -0.527. The number of hydrogen-bond donors (Lipinski definition) is 0. The number of thiazole rings is 1. The molecule has 0 saturated carbocycles. The number of hydrogen-bond acceptors (Lipinski definition) is 7. The first-order chi connectivity index (χ1) is 8.65. The van der Waals surface area contributed by atoms with Crippen molar-refractivity contribution in [3.8, 4) is 17.4 Å². The molecule has 2 aromatic heterocycles. The number of methoxy groups -OCH3 is 2. The lowest BCUT2D eigenvalue weighted by Crippen LogP contribution is -2.02. The van der Waals surface area contributed by atoms with E-state index < -0.39 is 5.97 Å². The van der Waals surface area contributed by atoms with Crippen molar-refractivity contribution < 1.29 is 14.3 Å². The van der Waals surface area contributed by atoms with Crippen LogP contribution in [0.2, 0.25) is 4.47 Å². The maximum Gasteiger partial charge on any atom is 0.350 e. The Labute approximate surface area is 112 Å². The molecule has 0 aliphatic rings. The molecule has 0 aliphatic heterocycles. The van der Waals surface area contributed by atoms with Gasteiger partial charge in [-0.1, -0.05) is 22.9 Å². The molecule has 2 heterocycles. The molecule has 0 saturated heterocycles. The lowest BCUT2D eigenvalue weighted by atomic mass is 10.3. The molecule has 2 aromatic rings. The van der Waals surface area contributed by atoms with E-state index in [1.807, 2.05) is 0 Å². The van der Waals surface area contributed by atoms with Gasteiger partial charge in [0.1, 0.15) is 10.6 Å². The molecule has 6 nitrogen and oxygen atoms in total. The average Bonchev–Trinajstić information content (AvgIpc) is 2.80. The van der Waals surface area contributed by atoms with Gasteiger partial charge in [0, 0.05) is 12.3 Å². The van der Waals surface area contributed by atoms with Crippen LogP contribution >= 0.6 is 22.9 Å². The van der Waals surface area contributed by atoms with E-state index in [4.69, 9.17) is 16.3 Å². The summed E-state index contributed by atoms with van der Waals surface area (Å²) in [5.74, 6) is 0.110. The molecule has 0 unspecified atom stereocenters. The van der Waals surface area contributed by atoms with Gasteiger partial charge in [0.25, 0.3) is 0 Å². The Hall–Kier alpha value is -1.73. The minimum absolute atomic E-state index is 0.219. The van der Waals surface area contributed by atoms with Crippen LogP contribution in [0.1, 0.15) is 9.67 Å². The van der Waals surface area contributed by atoms with Crippen LogP contribution in [0, 0.1) is 0 Å². The Morgan fingerprint density at radius 2 is 2.17 bits per heavy atom. The van der Waals surface area contributed by atoms with Crippen LogP contribution < -0.4 is 4.74 Å². The highest BCUT2D eigenvalue weighted by Crippen LogP contribution is 2.30. The topological polar surface area (TPSA) is 74.2 Å². The molecule has 0 spiro atoms. The summed E-state index contributed by atoms with van der Waals surface area (Å²) < 4.78 is 9.86. The molecule has 0 N–H and O–H groups in total. The summed E-state index contributed by atoms with van der Waals surface area (Å²) in [4.78, 5) is 24.0. The number of halogens is 1. The summed E-state index contributed by atoms with van der Waals surface area (Å²) in [7, 11) is 2.77. The van der Waals surface area contributed by atoms with E-state index in [1.54, 1.807) is 6.07 Å². The van der Waals surface area contributed by atoms with Gasteiger partial charge in [-0.2, -0.15) is 4.98 Å². The molecular weight excluding hydrogens is 278 g/mol. The van der Waals surface area contributed by atoms with Gasteiger partial charge in [-0.3, -0.25) is 0 Å². The molecule has 0 fully saturated rings. The summed E-state index contributed by atoms with van der Waals surface area (Å²) in [5, 5.41) is 0. The first-order valence-corrected chi connectivity index (χ1v) is 5.97. The van der Waals surface area contributed by atoms with Crippen molar-refractivity contribution in [1.82, 2.24) is 15.0 Å². The second kappa shape index (κ2) is 5.28.